The summed E-state index contributed by atoms with van der Waals surface area (Å²) >= 11 is 0. The highest BCUT2D eigenvalue weighted by Gasteiger charge is 2.47. The molecule has 0 unspecified atom stereocenters. The van der Waals surface area contributed by atoms with Crippen LogP contribution in [0.5, 0.6) is 0 Å². The van der Waals surface area contributed by atoms with Crippen LogP contribution >= 0.6 is 0 Å². The van der Waals surface area contributed by atoms with Crippen molar-refractivity contribution in [1.82, 2.24) is 0 Å². The first-order valence-corrected chi connectivity index (χ1v) is 5.71. The van der Waals surface area contributed by atoms with Gasteiger partial charge in [-0.2, -0.15) is 5.26 Å². The van der Waals surface area contributed by atoms with E-state index in [0.29, 0.717) is 17.8 Å². The summed E-state index contributed by atoms with van der Waals surface area (Å²) in [5.74, 6) is 0.599. The molecular formula is C14H15NO2. The lowest BCUT2D eigenvalue weighted by Gasteiger charge is -2.36. The summed E-state index contributed by atoms with van der Waals surface area (Å²) in [4.78, 5) is 12.3. The smallest absolute Gasteiger partial charge is 0.147 e. The molecule has 88 valence electrons. The van der Waals surface area contributed by atoms with Crippen LogP contribution in [0.3, 0.4) is 0 Å². The van der Waals surface area contributed by atoms with Gasteiger partial charge in [0.25, 0.3) is 0 Å². The van der Waals surface area contributed by atoms with Gasteiger partial charge in [-0.25, -0.2) is 0 Å². The van der Waals surface area contributed by atoms with Crippen LogP contribution in [0.2, 0.25) is 0 Å². The molecule has 0 saturated carbocycles. The van der Waals surface area contributed by atoms with E-state index in [1.54, 1.807) is 19.3 Å². The van der Waals surface area contributed by atoms with Crippen LogP contribution in [0.1, 0.15) is 19.8 Å². The topological polar surface area (TPSA) is 50.1 Å². The predicted octanol–water partition coefficient (Wildman–Crippen LogP) is 2.52. The fraction of sp³-hybridized carbons (Fsp3) is 0.429. The van der Waals surface area contributed by atoms with E-state index in [4.69, 9.17) is 10.00 Å². The van der Waals surface area contributed by atoms with Gasteiger partial charge in [-0.15, -0.1) is 0 Å². The number of ether oxygens (including phenoxy) is 1. The van der Waals surface area contributed by atoms with Gasteiger partial charge in [0.2, 0.25) is 0 Å². The van der Waals surface area contributed by atoms with Gasteiger partial charge in [-0.3, -0.25) is 4.79 Å². The van der Waals surface area contributed by atoms with Gasteiger partial charge in [0, 0.05) is 17.9 Å². The van der Waals surface area contributed by atoms with Crippen molar-refractivity contribution in [1.29, 1.82) is 5.26 Å². The Balaban J connectivity index is 2.59. The lowest BCUT2D eigenvalue weighted by Crippen LogP contribution is -2.39. The van der Waals surface area contributed by atoms with Gasteiger partial charge in [0.1, 0.15) is 11.5 Å². The SMILES string of the molecule is COC1=CC=C(C#N)[C@@H]2C=CCCC(=O)[C@]12C. The quantitative estimate of drug-likeness (QED) is 0.649. The summed E-state index contributed by atoms with van der Waals surface area (Å²) in [6.07, 6.45) is 8.67. The first kappa shape index (κ1) is 11.7. The van der Waals surface area contributed by atoms with E-state index >= 15 is 0 Å². The Bertz CT molecular complexity index is 479. The summed E-state index contributed by atoms with van der Waals surface area (Å²) in [7, 11) is 1.57. The number of methoxy groups -OCH3 is 1. The zero-order chi connectivity index (χ0) is 12.5. The fourth-order valence-electron chi connectivity index (χ4n) is 2.61. The van der Waals surface area contributed by atoms with Crippen LogP contribution < -0.4 is 0 Å². The lowest BCUT2D eigenvalue weighted by molar-refractivity contribution is -0.128. The van der Waals surface area contributed by atoms with E-state index in [-0.39, 0.29) is 11.7 Å². The highest BCUT2D eigenvalue weighted by molar-refractivity contribution is 5.89. The van der Waals surface area contributed by atoms with Crippen LogP contribution in [0.15, 0.2) is 35.6 Å². The fourth-order valence-corrected chi connectivity index (χ4v) is 2.61. The first-order chi connectivity index (χ1) is 8.14. The van der Waals surface area contributed by atoms with Crippen molar-refractivity contribution in [2.24, 2.45) is 11.3 Å². The summed E-state index contributed by atoms with van der Waals surface area (Å²) in [6.45, 7) is 1.87. The molecule has 2 aliphatic carbocycles. The van der Waals surface area contributed by atoms with E-state index in [9.17, 15) is 4.79 Å². The molecule has 2 rings (SSSR count). The zero-order valence-electron chi connectivity index (χ0n) is 10.1. The third kappa shape index (κ3) is 1.61. The Morgan fingerprint density at radius 1 is 1.53 bits per heavy atom. The van der Waals surface area contributed by atoms with Crippen molar-refractivity contribution in [3.05, 3.63) is 35.6 Å². The average molecular weight is 229 g/mol. The highest BCUT2D eigenvalue weighted by atomic mass is 16.5. The van der Waals surface area contributed by atoms with Gasteiger partial charge in [-0.05, 0) is 25.5 Å². The number of nitriles is 1. The molecule has 0 aromatic rings. The van der Waals surface area contributed by atoms with Gasteiger partial charge < -0.3 is 4.74 Å². The van der Waals surface area contributed by atoms with Gasteiger partial charge in [-0.1, -0.05) is 12.2 Å². The van der Waals surface area contributed by atoms with E-state index in [0.717, 1.165) is 6.42 Å². The second kappa shape index (κ2) is 4.21. The van der Waals surface area contributed by atoms with Crippen molar-refractivity contribution in [2.75, 3.05) is 7.11 Å². The molecule has 0 bridgehead atoms. The summed E-state index contributed by atoms with van der Waals surface area (Å²) in [5, 5.41) is 9.15. The number of nitrogens with zero attached hydrogens (tertiary/aromatic N) is 1. The van der Waals surface area contributed by atoms with Crippen molar-refractivity contribution in [3.8, 4) is 6.07 Å². The van der Waals surface area contributed by atoms with Crippen molar-refractivity contribution in [2.45, 2.75) is 19.8 Å². The third-order valence-corrected chi connectivity index (χ3v) is 3.68. The number of hydrogen-bond donors (Lipinski definition) is 0. The normalized spacial score (nSPS) is 31.8. The van der Waals surface area contributed by atoms with E-state index < -0.39 is 5.41 Å². The zero-order valence-corrected chi connectivity index (χ0v) is 10.1. The van der Waals surface area contributed by atoms with Crippen LogP contribution in [-0.2, 0) is 9.53 Å². The third-order valence-electron chi connectivity index (χ3n) is 3.68. The maximum atomic E-state index is 12.3. The molecule has 17 heavy (non-hydrogen) atoms. The average Bonchev–Trinajstić information content (AvgIpc) is 2.49. The standard InChI is InChI=1S/C14H15NO2/c1-14-11(5-3-4-6-12(14)16)10(9-15)7-8-13(14)17-2/h3,5,7-8,11H,4,6H2,1-2H3/t11-,14+/m0/s1. The van der Waals surface area contributed by atoms with Gasteiger partial charge in [0.05, 0.1) is 18.6 Å². The number of hydrogen-bond acceptors (Lipinski definition) is 3. The minimum atomic E-state index is -0.721. The molecule has 0 saturated heterocycles. The number of rotatable bonds is 1. The predicted molar refractivity (Wildman–Crippen MR) is 63.8 cm³/mol. The van der Waals surface area contributed by atoms with Crippen LogP contribution in [0, 0.1) is 22.7 Å². The van der Waals surface area contributed by atoms with Crippen molar-refractivity contribution >= 4 is 5.78 Å². The Labute approximate surface area is 101 Å². The first-order valence-electron chi connectivity index (χ1n) is 5.71. The Morgan fingerprint density at radius 3 is 2.94 bits per heavy atom. The number of carbonyl (C=O) groups excluding carboxylic acids is 1. The van der Waals surface area contributed by atoms with Crippen molar-refractivity contribution in [3.63, 3.8) is 0 Å². The Kier molecular flexibility index (Phi) is 2.89. The van der Waals surface area contributed by atoms with Gasteiger partial charge >= 0.3 is 0 Å². The number of ketones is 1. The number of Topliss-reactive ketones (excluding diaryl/α,β-unsaturated/α-hetero) is 1. The molecule has 0 N–H and O–H groups in total. The van der Waals surface area contributed by atoms with Crippen LogP contribution in [0.25, 0.3) is 0 Å². The Morgan fingerprint density at radius 2 is 2.29 bits per heavy atom. The number of fused-ring (bicyclic) bond motifs is 1. The van der Waals surface area contributed by atoms with Crippen LogP contribution in [-0.4, -0.2) is 12.9 Å². The van der Waals surface area contributed by atoms with Crippen LogP contribution in [0.4, 0.5) is 0 Å². The molecule has 0 amide bonds. The summed E-state index contributed by atoms with van der Waals surface area (Å²) in [5.41, 5.74) is -0.0959. The second-order valence-corrected chi connectivity index (χ2v) is 4.54. The summed E-state index contributed by atoms with van der Waals surface area (Å²) in [6, 6.07) is 2.18. The maximum absolute atomic E-state index is 12.3. The van der Waals surface area contributed by atoms with E-state index in [1.165, 1.54) is 0 Å². The second-order valence-electron chi connectivity index (χ2n) is 4.54. The minimum Gasteiger partial charge on any atom is -0.500 e. The summed E-state index contributed by atoms with van der Waals surface area (Å²) < 4.78 is 5.33. The highest BCUT2D eigenvalue weighted by Crippen LogP contribution is 2.46. The molecule has 0 spiro atoms. The monoisotopic (exact) mass is 229 g/mol. The molecule has 2 atom stereocenters. The number of carbonyl (C=O) groups is 1. The molecule has 0 aromatic carbocycles. The molecule has 3 nitrogen and oxygen atoms in total. The molecule has 3 heteroatoms. The molecule has 0 aliphatic heterocycles. The molecule has 0 fully saturated rings. The van der Waals surface area contributed by atoms with Crippen molar-refractivity contribution < 1.29 is 9.53 Å². The molecule has 2 aliphatic rings. The van der Waals surface area contributed by atoms with E-state index in [1.807, 2.05) is 19.1 Å². The largest absolute Gasteiger partial charge is 0.500 e. The van der Waals surface area contributed by atoms with E-state index in [2.05, 4.69) is 6.07 Å². The maximum Gasteiger partial charge on any atom is 0.147 e. The molecule has 0 aromatic heterocycles. The molecule has 0 heterocycles. The molecular weight excluding hydrogens is 214 g/mol. The molecule has 0 radical (unpaired) electrons. The number of allylic oxidation sites excluding steroid dienone is 6. The Hall–Kier alpha value is -1.82. The minimum absolute atomic E-state index is 0.140. The lowest BCUT2D eigenvalue weighted by atomic mass is 9.67. The van der Waals surface area contributed by atoms with Gasteiger partial charge in [0.15, 0.2) is 0 Å².